The summed E-state index contributed by atoms with van der Waals surface area (Å²) in [5.41, 5.74) is 3.93. The van der Waals surface area contributed by atoms with E-state index in [2.05, 4.69) is 38.9 Å². The minimum atomic E-state index is 0.487. The largest absolute Gasteiger partial charge is 0.381 e. The summed E-state index contributed by atoms with van der Waals surface area (Å²) in [6, 6.07) is 2.32. The topological polar surface area (TPSA) is 25.4 Å². The van der Waals surface area contributed by atoms with Crippen LogP contribution in [-0.4, -0.2) is 37.2 Å². The second-order valence-corrected chi connectivity index (χ2v) is 5.77. The van der Waals surface area contributed by atoms with Gasteiger partial charge in [0.15, 0.2) is 0 Å². The maximum absolute atomic E-state index is 5.50. The number of rotatable bonds is 4. The molecule has 3 nitrogen and oxygen atoms in total. The van der Waals surface area contributed by atoms with E-state index in [0.717, 1.165) is 26.2 Å². The molecule has 0 N–H and O–H groups in total. The molecule has 0 unspecified atom stereocenters. The van der Waals surface area contributed by atoms with Crippen LogP contribution in [0.5, 0.6) is 0 Å². The molecule has 0 radical (unpaired) electrons. The summed E-state index contributed by atoms with van der Waals surface area (Å²) in [7, 11) is 4.22. The Balaban J connectivity index is 2.31. The van der Waals surface area contributed by atoms with E-state index in [4.69, 9.17) is 9.72 Å². The first-order valence-corrected chi connectivity index (χ1v) is 6.79. The monoisotopic (exact) mass is 248 g/mol. The van der Waals surface area contributed by atoms with Crippen LogP contribution in [0.4, 0.5) is 0 Å². The normalized spacial score (nSPS) is 20.0. The van der Waals surface area contributed by atoms with Crippen molar-refractivity contribution in [1.82, 2.24) is 9.88 Å². The van der Waals surface area contributed by atoms with E-state index in [1.54, 1.807) is 0 Å². The molecule has 1 saturated heterocycles. The Morgan fingerprint density at radius 3 is 2.78 bits per heavy atom. The first-order chi connectivity index (χ1) is 8.58. The lowest BCUT2D eigenvalue weighted by Crippen LogP contribution is -2.15. The SMILES string of the molecule is CC(C)c1cnc([C@@H]2CCOC2)c(CN(C)C)c1. The third-order valence-electron chi connectivity index (χ3n) is 3.49. The fourth-order valence-corrected chi connectivity index (χ4v) is 2.44. The van der Waals surface area contributed by atoms with Crippen LogP contribution < -0.4 is 0 Å². The van der Waals surface area contributed by atoms with Crippen molar-refractivity contribution in [2.45, 2.75) is 38.6 Å². The van der Waals surface area contributed by atoms with Crippen LogP contribution in [0.1, 0.15) is 48.9 Å². The Morgan fingerprint density at radius 2 is 2.22 bits per heavy atom. The number of hydrogen-bond donors (Lipinski definition) is 0. The fraction of sp³-hybridized carbons (Fsp3) is 0.667. The molecule has 1 atom stereocenters. The van der Waals surface area contributed by atoms with Crippen molar-refractivity contribution in [1.29, 1.82) is 0 Å². The predicted molar refractivity (Wildman–Crippen MR) is 73.9 cm³/mol. The van der Waals surface area contributed by atoms with Gasteiger partial charge in [-0.3, -0.25) is 4.98 Å². The molecular weight excluding hydrogens is 224 g/mol. The smallest absolute Gasteiger partial charge is 0.0550 e. The minimum absolute atomic E-state index is 0.487. The average molecular weight is 248 g/mol. The first-order valence-electron chi connectivity index (χ1n) is 6.79. The van der Waals surface area contributed by atoms with Crippen LogP contribution >= 0.6 is 0 Å². The Morgan fingerprint density at radius 1 is 1.44 bits per heavy atom. The van der Waals surface area contributed by atoms with Crippen molar-refractivity contribution < 1.29 is 4.74 Å². The van der Waals surface area contributed by atoms with E-state index in [-0.39, 0.29) is 0 Å². The van der Waals surface area contributed by atoms with Crippen molar-refractivity contribution in [3.8, 4) is 0 Å². The van der Waals surface area contributed by atoms with Gasteiger partial charge in [0.1, 0.15) is 0 Å². The lowest BCUT2D eigenvalue weighted by molar-refractivity contribution is 0.193. The van der Waals surface area contributed by atoms with E-state index >= 15 is 0 Å². The second kappa shape index (κ2) is 5.81. The number of ether oxygens (including phenoxy) is 1. The molecule has 18 heavy (non-hydrogen) atoms. The molecule has 0 saturated carbocycles. The van der Waals surface area contributed by atoms with Gasteiger partial charge in [0.25, 0.3) is 0 Å². The summed E-state index contributed by atoms with van der Waals surface area (Å²) in [5, 5.41) is 0. The molecule has 1 aliphatic rings. The molecular formula is C15H24N2O. The maximum atomic E-state index is 5.50. The van der Waals surface area contributed by atoms with Gasteiger partial charge < -0.3 is 9.64 Å². The highest BCUT2D eigenvalue weighted by Crippen LogP contribution is 2.28. The van der Waals surface area contributed by atoms with Gasteiger partial charge in [-0.25, -0.2) is 0 Å². The van der Waals surface area contributed by atoms with Crippen molar-refractivity contribution in [2.75, 3.05) is 27.3 Å². The van der Waals surface area contributed by atoms with Gasteiger partial charge >= 0.3 is 0 Å². The third-order valence-corrected chi connectivity index (χ3v) is 3.49. The molecule has 0 bridgehead atoms. The second-order valence-electron chi connectivity index (χ2n) is 5.77. The van der Waals surface area contributed by atoms with E-state index in [1.165, 1.54) is 16.8 Å². The molecule has 1 aromatic heterocycles. The summed E-state index contributed by atoms with van der Waals surface area (Å²) >= 11 is 0. The van der Waals surface area contributed by atoms with E-state index in [1.807, 2.05) is 6.20 Å². The standard InChI is InChI=1S/C15H24N2O/c1-11(2)13-7-14(9-17(3)4)15(16-8-13)12-5-6-18-10-12/h7-8,11-12H,5-6,9-10H2,1-4H3/t12-/m1/s1. The van der Waals surface area contributed by atoms with Crippen LogP contribution in [0.25, 0.3) is 0 Å². The van der Waals surface area contributed by atoms with Crippen LogP contribution in [-0.2, 0) is 11.3 Å². The Hall–Kier alpha value is -0.930. The molecule has 1 aromatic rings. The molecule has 100 valence electrons. The lowest BCUT2D eigenvalue weighted by atomic mass is 9.95. The van der Waals surface area contributed by atoms with Gasteiger partial charge in [-0.15, -0.1) is 0 Å². The van der Waals surface area contributed by atoms with Crippen LogP contribution in [0.2, 0.25) is 0 Å². The Bertz CT molecular complexity index is 395. The third kappa shape index (κ3) is 3.09. The van der Waals surface area contributed by atoms with Crippen LogP contribution in [0, 0.1) is 0 Å². The van der Waals surface area contributed by atoms with E-state index in [9.17, 15) is 0 Å². The maximum Gasteiger partial charge on any atom is 0.0550 e. The van der Waals surface area contributed by atoms with Gasteiger partial charge in [0.05, 0.1) is 12.3 Å². The van der Waals surface area contributed by atoms with Crippen molar-refractivity contribution in [2.24, 2.45) is 0 Å². The van der Waals surface area contributed by atoms with Crippen molar-refractivity contribution in [3.63, 3.8) is 0 Å². The van der Waals surface area contributed by atoms with E-state index in [0.29, 0.717) is 11.8 Å². The van der Waals surface area contributed by atoms with Crippen LogP contribution in [0.3, 0.4) is 0 Å². The quantitative estimate of drug-likeness (QED) is 0.819. The number of nitrogens with zero attached hydrogens (tertiary/aromatic N) is 2. The van der Waals surface area contributed by atoms with Gasteiger partial charge in [-0.05, 0) is 37.6 Å². The summed E-state index contributed by atoms with van der Waals surface area (Å²) < 4.78 is 5.50. The molecule has 1 fully saturated rings. The van der Waals surface area contributed by atoms with Gasteiger partial charge in [-0.2, -0.15) is 0 Å². The molecule has 0 aliphatic carbocycles. The molecule has 0 aromatic carbocycles. The molecule has 2 rings (SSSR count). The predicted octanol–water partition coefficient (Wildman–Crippen LogP) is 2.77. The molecule has 1 aliphatic heterocycles. The van der Waals surface area contributed by atoms with Crippen LogP contribution in [0.15, 0.2) is 12.3 Å². The average Bonchev–Trinajstić information content (AvgIpc) is 2.81. The number of hydrogen-bond acceptors (Lipinski definition) is 3. The summed E-state index contributed by atoms with van der Waals surface area (Å²) in [6.45, 7) is 7.09. The lowest BCUT2D eigenvalue weighted by Gasteiger charge is -2.18. The zero-order valence-corrected chi connectivity index (χ0v) is 11.9. The first kappa shape index (κ1) is 13.5. The summed E-state index contributed by atoms with van der Waals surface area (Å²) in [5.74, 6) is 1.02. The molecule has 2 heterocycles. The zero-order valence-electron chi connectivity index (χ0n) is 11.9. The molecule has 0 amide bonds. The Labute approximate surface area is 110 Å². The summed E-state index contributed by atoms with van der Waals surface area (Å²) in [6.07, 6.45) is 3.14. The number of pyridine rings is 1. The van der Waals surface area contributed by atoms with Gasteiger partial charge in [0.2, 0.25) is 0 Å². The van der Waals surface area contributed by atoms with E-state index < -0.39 is 0 Å². The molecule has 3 heteroatoms. The fourth-order valence-electron chi connectivity index (χ4n) is 2.44. The van der Waals surface area contributed by atoms with Gasteiger partial charge in [0, 0.05) is 25.3 Å². The number of aromatic nitrogens is 1. The minimum Gasteiger partial charge on any atom is -0.381 e. The highest BCUT2D eigenvalue weighted by atomic mass is 16.5. The Kier molecular flexibility index (Phi) is 4.36. The van der Waals surface area contributed by atoms with Crippen molar-refractivity contribution in [3.05, 3.63) is 29.1 Å². The zero-order chi connectivity index (χ0) is 13.1. The highest BCUT2D eigenvalue weighted by molar-refractivity contribution is 5.30. The van der Waals surface area contributed by atoms with Crippen molar-refractivity contribution >= 4 is 0 Å². The summed E-state index contributed by atoms with van der Waals surface area (Å²) in [4.78, 5) is 6.94. The molecule has 0 spiro atoms. The van der Waals surface area contributed by atoms with Gasteiger partial charge in [-0.1, -0.05) is 19.9 Å². The highest BCUT2D eigenvalue weighted by Gasteiger charge is 2.22.